The van der Waals surface area contributed by atoms with Gasteiger partial charge in [-0.25, -0.2) is 8.78 Å². The van der Waals surface area contributed by atoms with Crippen LogP contribution in [-0.2, 0) is 15.9 Å². The van der Waals surface area contributed by atoms with E-state index >= 15 is 0 Å². The topological polar surface area (TPSA) is 37.3 Å². The van der Waals surface area contributed by atoms with E-state index in [-0.39, 0.29) is 17.7 Å². The zero-order valence-electron chi connectivity index (χ0n) is 19.6. The molecule has 33 heavy (non-hydrogen) atoms. The van der Waals surface area contributed by atoms with Gasteiger partial charge >= 0.3 is 7.12 Å². The Labute approximate surface area is 194 Å². The van der Waals surface area contributed by atoms with Gasteiger partial charge in [0.2, 0.25) is 0 Å². The average molecular weight is 453 g/mol. The molecule has 2 saturated heterocycles. The summed E-state index contributed by atoms with van der Waals surface area (Å²) in [6, 6.07) is 10.6. The van der Waals surface area contributed by atoms with Gasteiger partial charge < -0.3 is 14.2 Å². The van der Waals surface area contributed by atoms with E-state index in [2.05, 4.69) is 14.8 Å². The van der Waals surface area contributed by atoms with Crippen molar-refractivity contribution < 1.29 is 18.1 Å². The predicted molar refractivity (Wildman–Crippen MR) is 127 cm³/mol. The minimum Gasteiger partial charge on any atom is -0.399 e. The smallest absolute Gasteiger partial charge is 0.399 e. The number of hydrogen-bond donors (Lipinski definition) is 0. The second kappa shape index (κ2) is 8.18. The van der Waals surface area contributed by atoms with Crippen LogP contribution in [0, 0.1) is 11.6 Å². The molecule has 8 heteroatoms. The molecule has 5 rings (SSSR count). The summed E-state index contributed by atoms with van der Waals surface area (Å²) in [5.41, 5.74) is 1.93. The number of halogens is 2. The van der Waals surface area contributed by atoms with Gasteiger partial charge in [0.25, 0.3) is 0 Å². The lowest BCUT2D eigenvalue weighted by Gasteiger charge is -2.36. The van der Waals surface area contributed by atoms with Crippen molar-refractivity contribution in [2.24, 2.45) is 4.99 Å². The van der Waals surface area contributed by atoms with E-state index in [9.17, 15) is 8.78 Å². The molecule has 3 heterocycles. The van der Waals surface area contributed by atoms with Gasteiger partial charge in [0.1, 0.15) is 17.7 Å². The largest absolute Gasteiger partial charge is 0.494 e. The van der Waals surface area contributed by atoms with Gasteiger partial charge in [0.15, 0.2) is 0 Å². The predicted octanol–water partition coefficient (Wildman–Crippen LogP) is 3.71. The van der Waals surface area contributed by atoms with Crippen molar-refractivity contribution >= 4 is 24.5 Å². The third kappa shape index (κ3) is 4.44. The minimum atomic E-state index is -0.574. The highest BCUT2D eigenvalue weighted by Gasteiger charge is 2.51. The van der Waals surface area contributed by atoms with Crippen molar-refractivity contribution in [1.82, 2.24) is 4.90 Å². The van der Waals surface area contributed by atoms with Crippen molar-refractivity contribution in [3.63, 3.8) is 0 Å². The molecule has 1 atom stereocenters. The van der Waals surface area contributed by atoms with Gasteiger partial charge in [-0.3, -0.25) is 9.89 Å². The Morgan fingerprint density at radius 2 is 1.61 bits per heavy atom. The molecule has 3 aliphatic heterocycles. The van der Waals surface area contributed by atoms with Crippen LogP contribution in [-0.4, -0.2) is 55.6 Å². The molecule has 3 aliphatic rings. The lowest BCUT2D eigenvalue weighted by Crippen LogP contribution is -2.46. The fourth-order valence-electron chi connectivity index (χ4n) is 4.38. The molecule has 2 aromatic rings. The summed E-state index contributed by atoms with van der Waals surface area (Å²) in [6.45, 7) is 11.3. The van der Waals surface area contributed by atoms with Crippen LogP contribution in [0.3, 0.4) is 0 Å². The maximum absolute atomic E-state index is 14.9. The molecule has 0 bridgehead atoms. The van der Waals surface area contributed by atoms with Gasteiger partial charge in [-0.2, -0.15) is 0 Å². The molecule has 2 aromatic carbocycles. The van der Waals surface area contributed by atoms with E-state index in [1.54, 1.807) is 6.07 Å². The quantitative estimate of drug-likeness (QED) is 0.647. The summed E-state index contributed by atoms with van der Waals surface area (Å²) in [5, 5.41) is 0. The van der Waals surface area contributed by atoms with Crippen LogP contribution in [0.4, 0.5) is 14.5 Å². The van der Waals surface area contributed by atoms with E-state index in [1.807, 2.05) is 58.2 Å². The van der Waals surface area contributed by atoms with E-state index in [4.69, 9.17) is 9.31 Å². The first-order valence-corrected chi connectivity index (χ1v) is 11.6. The number of rotatable bonds is 5. The molecule has 0 aliphatic carbocycles. The van der Waals surface area contributed by atoms with Crippen LogP contribution >= 0.6 is 0 Å². The molecular formula is C25H30BF2N3O2. The second-order valence-corrected chi connectivity index (χ2v) is 10.2. The Morgan fingerprint density at radius 1 is 0.939 bits per heavy atom. The number of piperazine rings is 1. The van der Waals surface area contributed by atoms with Crippen LogP contribution < -0.4 is 10.4 Å². The Balaban J connectivity index is 1.19. The lowest BCUT2D eigenvalue weighted by atomic mass is 9.78. The fraction of sp³-hybridized carbons (Fsp3) is 0.480. The second-order valence-electron chi connectivity index (χ2n) is 10.2. The molecule has 174 valence electrons. The average Bonchev–Trinajstić information content (AvgIpc) is 3.57. The summed E-state index contributed by atoms with van der Waals surface area (Å²) in [6.07, 6.45) is 1.81. The maximum Gasteiger partial charge on any atom is 0.494 e. The molecule has 0 radical (unpaired) electrons. The molecule has 0 amide bonds. The van der Waals surface area contributed by atoms with E-state index < -0.39 is 18.3 Å². The Kier molecular flexibility index (Phi) is 5.58. The van der Waals surface area contributed by atoms with Crippen LogP contribution in [0.15, 0.2) is 41.4 Å². The molecule has 5 nitrogen and oxygen atoms in total. The normalized spacial score (nSPS) is 23.9. The number of anilines is 1. The van der Waals surface area contributed by atoms with Crippen molar-refractivity contribution in [2.75, 3.05) is 31.1 Å². The third-order valence-corrected chi connectivity index (χ3v) is 7.32. The van der Waals surface area contributed by atoms with Gasteiger partial charge in [0.05, 0.1) is 16.9 Å². The number of aliphatic imine (C=N–C) groups is 1. The van der Waals surface area contributed by atoms with Gasteiger partial charge in [-0.05, 0) is 56.9 Å². The maximum atomic E-state index is 14.9. The minimum absolute atomic E-state index is 0.0523. The Morgan fingerprint density at radius 3 is 2.18 bits per heavy atom. The molecule has 0 spiro atoms. The first kappa shape index (κ1) is 22.5. The Hall–Kier alpha value is -2.29. The van der Waals surface area contributed by atoms with E-state index in [0.29, 0.717) is 36.3 Å². The van der Waals surface area contributed by atoms with Crippen molar-refractivity contribution in [3.8, 4) is 0 Å². The van der Waals surface area contributed by atoms with Gasteiger partial charge in [-0.15, -0.1) is 0 Å². The molecule has 0 aromatic heterocycles. The summed E-state index contributed by atoms with van der Waals surface area (Å²) >= 11 is 0. The van der Waals surface area contributed by atoms with Crippen molar-refractivity contribution in [3.05, 3.63) is 59.2 Å². The molecule has 0 saturated carbocycles. The zero-order valence-corrected chi connectivity index (χ0v) is 19.6. The first-order chi connectivity index (χ1) is 15.6. The number of nitrogens with zero attached hydrogens (tertiary/aromatic N) is 3. The molecule has 2 fully saturated rings. The lowest BCUT2D eigenvalue weighted by molar-refractivity contribution is 0.00578. The zero-order chi connectivity index (χ0) is 23.4. The van der Waals surface area contributed by atoms with Crippen LogP contribution in [0.1, 0.15) is 44.9 Å². The van der Waals surface area contributed by atoms with Crippen molar-refractivity contribution in [1.29, 1.82) is 0 Å². The van der Waals surface area contributed by atoms with Crippen LogP contribution in [0.25, 0.3) is 0 Å². The van der Waals surface area contributed by atoms with Crippen molar-refractivity contribution in [2.45, 2.75) is 51.5 Å². The summed E-state index contributed by atoms with van der Waals surface area (Å²) in [5.74, 6) is -0.464. The SMILES string of the molecule is CC1(C)OB(c2ccc(CN3CCN(c4ccc(C5C=N5)cc4F)CC3)c(F)c2)OC1(C)C. The number of hydrogen-bond acceptors (Lipinski definition) is 5. The van der Waals surface area contributed by atoms with Gasteiger partial charge in [0, 0.05) is 44.5 Å². The van der Waals surface area contributed by atoms with Crippen LogP contribution in [0.5, 0.6) is 0 Å². The standard InChI is InChI=1S/C25H30BF2N3O2/c1-24(2)25(3,4)33-26(32-24)19-7-5-18(20(27)14-19)16-30-9-11-31(12-10-30)23-8-6-17(13-21(23)28)22-15-29-22/h5-8,13-15,22H,9-12,16H2,1-4H3. The first-order valence-electron chi connectivity index (χ1n) is 11.6. The summed E-state index contributed by atoms with van der Waals surface area (Å²) in [7, 11) is -0.574. The fourth-order valence-corrected chi connectivity index (χ4v) is 4.38. The highest BCUT2D eigenvalue weighted by Crippen LogP contribution is 2.36. The Bertz CT molecular complexity index is 1060. The number of benzene rings is 2. The third-order valence-electron chi connectivity index (χ3n) is 7.32. The van der Waals surface area contributed by atoms with E-state index in [0.717, 1.165) is 18.7 Å². The van der Waals surface area contributed by atoms with Gasteiger partial charge in [-0.1, -0.05) is 18.2 Å². The molecular weight excluding hydrogens is 423 g/mol. The highest BCUT2D eigenvalue weighted by molar-refractivity contribution is 6.62. The van der Waals surface area contributed by atoms with Crippen LogP contribution in [0.2, 0.25) is 0 Å². The monoisotopic (exact) mass is 453 g/mol. The summed E-state index contributed by atoms with van der Waals surface area (Å²) in [4.78, 5) is 8.36. The van der Waals surface area contributed by atoms with E-state index in [1.165, 1.54) is 6.07 Å². The molecule has 1 unspecified atom stereocenters. The summed E-state index contributed by atoms with van der Waals surface area (Å²) < 4.78 is 41.6. The molecule has 0 N–H and O–H groups in total. The highest BCUT2D eigenvalue weighted by atomic mass is 19.1.